The molecule has 1 aliphatic rings. The number of benzene rings is 1. The minimum atomic E-state index is -1.03. The van der Waals surface area contributed by atoms with E-state index in [-0.39, 0.29) is 5.76 Å². The van der Waals surface area contributed by atoms with Gasteiger partial charge in [0.15, 0.2) is 0 Å². The van der Waals surface area contributed by atoms with Crippen LogP contribution >= 0.6 is 0 Å². The van der Waals surface area contributed by atoms with E-state index >= 15 is 0 Å². The van der Waals surface area contributed by atoms with E-state index in [1.54, 1.807) is 6.07 Å². The summed E-state index contributed by atoms with van der Waals surface area (Å²) in [7, 11) is 0. The number of carboxylic acids is 1. The van der Waals surface area contributed by atoms with E-state index in [0.29, 0.717) is 5.58 Å². The van der Waals surface area contributed by atoms with Crippen LogP contribution in [0.2, 0.25) is 0 Å². The average Bonchev–Trinajstić information content (AvgIpc) is 3.12. The second-order valence-electron chi connectivity index (χ2n) is 5.90. The maximum atomic E-state index is 10.9. The van der Waals surface area contributed by atoms with Crippen molar-refractivity contribution in [2.45, 2.75) is 38.6 Å². The number of hydrogen-bond donors (Lipinski definition) is 2. The summed E-state index contributed by atoms with van der Waals surface area (Å²) in [5.74, 6) is -0.120. The molecular formula is C17H21NO3. The van der Waals surface area contributed by atoms with E-state index in [1.807, 2.05) is 18.2 Å². The molecule has 112 valence electrons. The van der Waals surface area contributed by atoms with Crippen LogP contribution in [0, 0.1) is 5.92 Å². The zero-order chi connectivity index (χ0) is 14.7. The molecule has 1 aromatic carbocycles. The van der Waals surface area contributed by atoms with Gasteiger partial charge >= 0.3 is 5.97 Å². The first-order chi connectivity index (χ1) is 10.2. The quantitative estimate of drug-likeness (QED) is 0.793. The lowest BCUT2D eigenvalue weighted by atomic mass is 10.0. The van der Waals surface area contributed by atoms with Crippen LogP contribution in [0.25, 0.3) is 11.0 Å². The fourth-order valence-electron chi connectivity index (χ4n) is 3.15. The number of carbonyl (C=O) groups is 1. The van der Waals surface area contributed by atoms with Crippen LogP contribution in [0.3, 0.4) is 0 Å². The first-order valence-electron chi connectivity index (χ1n) is 7.69. The topological polar surface area (TPSA) is 62.5 Å². The molecule has 21 heavy (non-hydrogen) atoms. The second kappa shape index (κ2) is 6.31. The Labute approximate surface area is 124 Å². The fraction of sp³-hybridized carbons (Fsp3) is 0.471. The van der Waals surface area contributed by atoms with Gasteiger partial charge in [-0.2, -0.15) is 0 Å². The van der Waals surface area contributed by atoms with Gasteiger partial charge in [-0.15, -0.1) is 0 Å². The van der Waals surface area contributed by atoms with E-state index in [0.717, 1.165) is 30.0 Å². The monoisotopic (exact) mass is 287 g/mol. The highest BCUT2D eigenvalue weighted by Gasteiger charge is 2.14. The van der Waals surface area contributed by atoms with Crippen molar-refractivity contribution in [3.63, 3.8) is 0 Å². The van der Waals surface area contributed by atoms with Crippen molar-refractivity contribution in [1.29, 1.82) is 0 Å². The van der Waals surface area contributed by atoms with Gasteiger partial charge in [-0.1, -0.05) is 31.7 Å². The molecule has 2 N–H and O–H groups in total. The van der Waals surface area contributed by atoms with Crippen molar-refractivity contribution in [2.24, 2.45) is 5.92 Å². The van der Waals surface area contributed by atoms with Gasteiger partial charge in [0.25, 0.3) is 0 Å². The van der Waals surface area contributed by atoms with E-state index in [1.165, 1.54) is 32.1 Å². The maximum Gasteiger partial charge on any atom is 0.371 e. The Morgan fingerprint density at radius 1 is 1.29 bits per heavy atom. The first kappa shape index (κ1) is 14.1. The third-order valence-electron chi connectivity index (χ3n) is 4.32. The average molecular weight is 287 g/mol. The summed E-state index contributed by atoms with van der Waals surface area (Å²) < 4.78 is 5.26. The first-order valence-corrected chi connectivity index (χ1v) is 7.69. The van der Waals surface area contributed by atoms with Crippen molar-refractivity contribution >= 4 is 16.9 Å². The van der Waals surface area contributed by atoms with Gasteiger partial charge in [0.2, 0.25) is 5.76 Å². The SMILES string of the molecule is O=C(O)c1cc2cc(CNCCC3CCCC3)ccc2o1. The Balaban J connectivity index is 1.55. The molecule has 0 spiro atoms. The Morgan fingerprint density at radius 2 is 2.10 bits per heavy atom. The third-order valence-corrected chi connectivity index (χ3v) is 4.32. The molecule has 0 atom stereocenters. The third kappa shape index (κ3) is 3.45. The fourth-order valence-corrected chi connectivity index (χ4v) is 3.15. The summed E-state index contributed by atoms with van der Waals surface area (Å²) >= 11 is 0. The molecule has 1 heterocycles. The van der Waals surface area contributed by atoms with Gasteiger partial charge in [-0.05, 0) is 42.6 Å². The van der Waals surface area contributed by atoms with E-state index in [9.17, 15) is 4.79 Å². The van der Waals surface area contributed by atoms with Crippen molar-refractivity contribution in [1.82, 2.24) is 5.32 Å². The van der Waals surface area contributed by atoms with Crippen molar-refractivity contribution in [3.05, 3.63) is 35.6 Å². The molecule has 1 saturated carbocycles. The lowest BCUT2D eigenvalue weighted by molar-refractivity contribution is 0.0665. The normalized spacial score (nSPS) is 15.8. The van der Waals surface area contributed by atoms with Crippen molar-refractivity contribution < 1.29 is 14.3 Å². The molecule has 3 rings (SSSR count). The Hall–Kier alpha value is -1.81. The van der Waals surface area contributed by atoms with Gasteiger partial charge in [-0.3, -0.25) is 0 Å². The summed E-state index contributed by atoms with van der Waals surface area (Å²) in [6.07, 6.45) is 6.83. The van der Waals surface area contributed by atoms with E-state index < -0.39 is 5.97 Å². The number of nitrogens with one attached hydrogen (secondary N) is 1. The summed E-state index contributed by atoms with van der Waals surface area (Å²) in [4.78, 5) is 10.9. The molecule has 0 radical (unpaired) electrons. The second-order valence-corrected chi connectivity index (χ2v) is 5.90. The molecule has 2 aromatic rings. The molecule has 0 aliphatic heterocycles. The minimum absolute atomic E-state index is 0.00339. The number of rotatable bonds is 6. The minimum Gasteiger partial charge on any atom is -0.475 e. The molecule has 1 aromatic heterocycles. The van der Waals surface area contributed by atoms with Crippen LogP contribution in [0.1, 0.15) is 48.2 Å². The lowest BCUT2D eigenvalue weighted by Crippen LogP contribution is -2.16. The smallest absolute Gasteiger partial charge is 0.371 e. The number of furan rings is 1. The Morgan fingerprint density at radius 3 is 2.86 bits per heavy atom. The summed E-state index contributed by atoms with van der Waals surface area (Å²) in [5.41, 5.74) is 1.79. The van der Waals surface area contributed by atoms with Gasteiger partial charge in [0.1, 0.15) is 5.58 Å². The van der Waals surface area contributed by atoms with Crippen molar-refractivity contribution in [2.75, 3.05) is 6.54 Å². The molecule has 4 heteroatoms. The predicted molar refractivity (Wildman–Crippen MR) is 81.5 cm³/mol. The van der Waals surface area contributed by atoms with Crippen LogP contribution in [0.15, 0.2) is 28.7 Å². The van der Waals surface area contributed by atoms with E-state index in [2.05, 4.69) is 5.32 Å². The van der Waals surface area contributed by atoms with Crippen LogP contribution in [-0.2, 0) is 6.54 Å². The number of aromatic carboxylic acids is 1. The summed E-state index contributed by atoms with van der Waals surface area (Å²) in [6, 6.07) is 7.41. The number of carboxylic acid groups (broad SMARTS) is 1. The van der Waals surface area contributed by atoms with Crippen LogP contribution in [0.5, 0.6) is 0 Å². The highest BCUT2D eigenvalue weighted by molar-refractivity contribution is 5.91. The van der Waals surface area contributed by atoms with Crippen molar-refractivity contribution in [3.8, 4) is 0 Å². The van der Waals surface area contributed by atoms with Gasteiger partial charge in [0.05, 0.1) is 0 Å². The van der Waals surface area contributed by atoms with Crippen LogP contribution < -0.4 is 5.32 Å². The maximum absolute atomic E-state index is 10.9. The zero-order valence-corrected chi connectivity index (χ0v) is 12.1. The Bertz CT molecular complexity index is 626. The van der Waals surface area contributed by atoms with E-state index in [4.69, 9.17) is 9.52 Å². The van der Waals surface area contributed by atoms with Gasteiger partial charge < -0.3 is 14.8 Å². The summed E-state index contributed by atoms with van der Waals surface area (Å²) in [5, 5.41) is 13.3. The summed E-state index contributed by atoms with van der Waals surface area (Å²) in [6.45, 7) is 1.87. The van der Waals surface area contributed by atoms with Crippen LogP contribution in [0.4, 0.5) is 0 Å². The van der Waals surface area contributed by atoms with Gasteiger partial charge in [0, 0.05) is 11.9 Å². The van der Waals surface area contributed by atoms with Gasteiger partial charge in [-0.25, -0.2) is 4.79 Å². The molecule has 0 bridgehead atoms. The molecule has 1 aliphatic carbocycles. The lowest BCUT2D eigenvalue weighted by Gasteiger charge is -2.09. The number of fused-ring (bicyclic) bond motifs is 1. The molecule has 4 nitrogen and oxygen atoms in total. The molecular weight excluding hydrogens is 266 g/mol. The largest absolute Gasteiger partial charge is 0.475 e. The van der Waals surface area contributed by atoms with Crippen LogP contribution in [-0.4, -0.2) is 17.6 Å². The highest BCUT2D eigenvalue weighted by atomic mass is 16.4. The molecule has 0 unspecified atom stereocenters. The predicted octanol–water partition coefficient (Wildman–Crippen LogP) is 3.80. The highest BCUT2D eigenvalue weighted by Crippen LogP contribution is 2.27. The zero-order valence-electron chi connectivity index (χ0n) is 12.1. The molecule has 0 amide bonds. The standard InChI is InChI=1S/C17H21NO3/c19-17(20)16-10-14-9-13(5-6-15(14)21-16)11-18-8-7-12-3-1-2-4-12/h5-6,9-10,12,18H,1-4,7-8,11H2,(H,19,20). The number of hydrogen-bond acceptors (Lipinski definition) is 3. The Kier molecular flexibility index (Phi) is 4.25. The molecule has 0 saturated heterocycles. The molecule has 1 fully saturated rings.